The van der Waals surface area contributed by atoms with Crippen LogP contribution in [0.1, 0.15) is 6.42 Å². The van der Waals surface area contributed by atoms with E-state index in [9.17, 15) is 4.79 Å². The molecular weight excluding hydrogens is 192 g/mol. The van der Waals surface area contributed by atoms with Crippen LogP contribution in [-0.2, 0) is 9.53 Å². The van der Waals surface area contributed by atoms with Gasteiger partial charge in [-0.05, 0) is 6.42 Å². The number of rotatable bonds is 1. The summed E-state index contributed by atoms with van der Waals surface area (Å²) in [7, 11) is 0. The summed E-state index contributed by atoms with van der Waals surface area (Å²) in [6, 6.07) is 0. The largest absolute Gasteiger partial charge is 0.381 e. The maximum Gasteiger partial charge on any atom is 0.225 e. The summed E-state index contributed by atoms with van der Waals surface area (Å²) < 4.78 is 5.31. The Kier molecular flexibility index (Phi) is 3.16. The van der Waals surface area contributed by atoms with Crippen molar-refractivity contribution in [1.82, 2.24) is 5.32 Å². The van der Waals surface area contributed by atoms with Gasteiger partial charge in [0, 0.05) is 25.6 Å². The molecule has 2 aliphatic rings. The molecule has 2 rings (SSSR count). The zero-order chi connectivity index (χ0) is 8.60. The highest BCUT2D eigenvalue weighted by atomic mass is 35.5. The fourth-order valence-electron chi connectivity index (χ4n) is 2.21. The number of primary amides is 1. The lowest BCUT2D eigenvalue weighted by molar-refractivity contribution is -0.135. The first kappa shape index (κ1) is 10.8. The predicted octanol–water partition coefficient (Wildman–Crippen LogP) is -0.480. The molecule has 2 fully saturated rings. The zero-order valence-electron chi connectivity index (χ0n) is 7.41. The van der Waals surface area contributed by atoms with Crippen LogP contribution < -0.4 is 11.1 Å². The Balaban J connectivity index is 0.000000845. The van der Waals surface area contributed by atoms with Gasteiger partial charge in [0.1, 0.15) is 0 Å². The number of nitrogens with two attached hydrogens (primary N) is 1. The number of carbonyl (C=O) groups excluding carboxylic acids is 1. The summed E-state index contributed by atoms with van der Waals surface area (Å²) in [6.07, 6.45) is 0.778. The van der Waals surface area contributed by atoms with Gasteiger partial charge >= 0.3 is 0 Å². The molecule has 4 nitrogen and oxygen atoms in total. The Bertz CT molecular complexity index is 212. The third kappa shape index (κ3) is 1.54. The van der Waals surface area contributed by atoms with Crippen LogP contribution in [0.25, 0.3) is 0 Å². The lowest BCUT2D eigenvalue weighted by atomic mass is 9.74. The van der Waals surface area contributed by atoms with Crippen molar-refractivity contribution in [3.8, 4) is 0 Å². The van der Waals surface area contributed by atoms with Gasteiger partial charge in [-0.2, -0.15) is 0 Å². The number of amides is 1. The Hall–Kier alpha value is -0.320. The van der Waals surface area contributed by atoms with E-state index in [1.54, 1.807) is 0 Å². The van der Waals surface area contributed by atoms with E-state index in [2.05, 4.69) is 5.32 Å². The summed E-state index contributed by atoms with van der Waals surface area (Å²) in [4.78, 5) is 11.3. The van der Waals surface area contributed by atoms with Crippen LogP contribution in [0.15, 0.2) is 0 Å². The molecule has 0 unspecified atom stereocenters. The van der Waals surface area contributed by atoms with Crippen LogP contribution in [0.2, 0.25) is 0 Å². The molecule has 5 heteroatoms. The molecule has 0 bridgehead atoms. The maximum atomic E-state index is 11.3. The van der Waals surface area contributed by atoms with Gasteiger partial charge in [0.05, 0.1) is 12.0 Å². The van der Waals surface area contributed by atoms with E-state index in [0.717, 1.165) is 19.5 Å². The molecule has 2 heterocycles. The molecule has 0 radical (unpaired) electrons. The monoisotopic (exact) mass is 206 g/mol. The summed E-state index contributed by atoms with van der Waals surface area (Å²) in [6.45, 7) is 2.94. The van der Waals surface area contributed by atoms with Crippen LogP contribution in [0.3, 0.4) is 0 Å². The number of halogens is 1. The van der Waals surface area contributed by atoms with Gasteiger partial charge in [-0.1, -0.05) is 0 Å². The maximum absolute atomic E-state index is 11.3. The van der Waals surface area contributed by atoms with E-state index in [1.807, 2.05) is 0 Å². The van der Waals surface area contributed by atoms with Gasteiger partial charge in [0.15, 0.2) is 0 Å². The van der Waals surface area contributed by atoms with Crippen molar-refractivity contribution in [3.63, 3.8) is 0 Å². The summed E-state index contributed by atoms with van der Waals surface area (Å²) in [5.41, 5.74) is 5.10. The molecule has 3 N–H and O–H groups in total. The molecule has 0 aromatic heterocycles. The highest BCUT2D eigenvalue weighted by Crippen LogP contribution is 2.37. The normalized spacial score (nSPS) is 37.7. The molecular formula is C8H15ClN2O2. The molecule has 13 heavy (non-hydrogen) atoms. The standard InChI is InChI=1S/C8H14N2O2.ClH/c9-7(11)8-1-2-12-4-6(8)3-10-5-8;/h6,10H,1-5H2,(H2,9,11);1H/t6-,8+;/m0./s1. The van der Waals surface area contributed by atoms with Crippen LogP contribution >= 0.6 is 12.4 Å². The Morgan fingerprint density at radius 1 is 1.62 bits per heavy atom. The quantitative estimate of drug-likeness (QED) is 0.609. The molecule has 2 saturated heterocycles. The highest BCUT2D eigenvalue weighted by molar-refractivity contribution is 5.85. The Morgan fingerprint density at radius 3 is 3.00 bits per heavy atom. The van der Waals surface area contributed by atoms with Gasteiger partial charge in [-0.3, -0.25) is 4.79 Å². The SMILES string of the molecule is Cl.NC(=O)[C@@]12CCOC[C@@H]1CNC2. The van der Waals surface area contributed by atoms with Crippen molar-refractivity contribution in [1.29, 1.82) is 0 Å². The predicted molar refractivity (Wildman–Crippen MR) is 50.7 cm³/mol. The fraction of sp³-hybridized carbons (Fsp3) is 0.875. The molecule has 0 spiro atoms. The first-order chi connectivity index (χ1) is 5.76. The third-order valence-corrected chi connectivity index (χ3v) is 3.11. The van der Waals surface area contributed by atoms with E-state index >= 15 is 0 Å². The van der Waals surface area contributed by atoms with Gasteiger partial charge < -0.3 is 15.8 Å². The van der Waals surface area contributed by atoms with Gasteiger partial charge in [0.25, 0.3) is 0 Å². The van der Waals surface area contributed by atoms with E-state index in [0.29, 0.717) is 19.1 Å². The molecule has 1 amide bonds. The van der Waals surface area contributed by atoms with E-state index < -0.39 is 0 Å². The van der Waals surface area contributed by atoms with Crippen molar-refractivity contribution in [2.75, 3.05) is 26.3 Å². The first-order valence-corrected chi connectivity index (χ1v) is 4.34. The van der Waals surface area contributed by atoms with Crippen molar-refractivity contribution < 1.29 is 9.53 Å². The first-order valence-electron chi connectivity index (χ1n) is 4.34. The van der Waals surface area contributed by atoms with Crippen molar-refractivity contribution in [3.05, 3.63) is 0 Å². The van der Waals surface area contributed by atoms with Crippen LogP contribution in [0.4, 0.5) is 0 Å². The summed E-state index contributed by atoms with van der Waals surface area (Å²) >= 11 is 0. The number of ether oxygens (including phenoxy) is 1. The number of carbonyl (C=O) groups is 1. The average Bonchev–Trinajstić information content (AvgIpc) is 2.48. The van der Waals surface area contributed by atoms with Gasteiger partial charge in [-0.25, -0.2) is 0 Å². The fourth-order valence-corrected chi connectivity index (χ4v) is 2.21. The summed E-state index contributed by atoms with van der Waals surface area (Å²) in [5, 5.41) is 3.21. The topological polar surface area (TPSA) is 64.4 Å². The van der Waals surface area contributed by atoms with Crippen LogP contribution in [0.5, 0.6) is 0 Å². The van der Waals surface area contributed by atoms with Crippen molar-refractivity contribution in [2.45, 2.75) is 6.42 Å². The number of hydrogen-bond donors (Lipinski definition) is 2. The molecule has 2 aliphatic heterocycles. The molecule has 0 saturated carbocycles. The van der Waals surface area contributed by atoms with E-state index in [1.165, 1.54) is 0 Å². The second-order valence-electron chi connectivity index (χ2n) is 3.67. The molecule has 76 valence electrons. The lowest BCUT2D eigenvalue weighted by Gasteiger charge is -2.35. The van der Waals surface area contributed by atoms with Crippen molar-refractivity contribution >= 4 is 18.3 Å². The molecule has 0 aromatic carbocycles. The molecule has 2 atom stereocenters. The Labute approximate surface area is 83.6 Å². The second-order valence-corrected chi connectivity index (χ2v) is 3.67. The lowest BCUT2D eigenvalue weighted by Crippen LogP contribution is -2.48. The van der Waals surface area contributed by atoms with Crippen LogP contribution in [0, 0.1) is 11.3 Å². The van der Waals surface area contributed by atoms with Crippen molar-refractivity contribution in [2.24, 2.45) is 17.1 Å². The van der Waals surface area contributed by atoms with E-state index in [4.69, 9.17) is 10.5 Å². The Morgan fingerprint density at radius 2 is 2.38 bits per heavy atom. The highest BCUT2D eigenvalue weighted by Gasteiger charge is 2.49. The summed E-state index contributed by atoms with van der Waals surface area (Å²) in [5.74, 6) is 0.129. The average molecular weight is 207 g/mol. The van der Waals surface area contributed by atoms with Gasteiger partial charge in [-0.15, -0.1) is 12.4 Å². The smallest absolute Gasteiger partial charge is 0.225 e. The second kappa shape index (κ2) is 3.82. The minimum atomic E-state index is -0.307. The minimum Gasteiger partial charge on any atom is -0.381 e. The van der Waals surface area contributed by atoms with Crippen LogP contribution in [-0.4, -0.2) is 32.2 Å². The molecule has 0 aliphatic carbocycles. The van der Waals surface area contributed by atoms with E-state index in [-0.39, 0.29) is 23.7 Å². The minimum absolute atomic E-state index is 0. The molecule has 0 aromatic rings. The number of fused-ring (bicyclic) bond motifs is 1. The number of hydrogen-bond acceptors (Lipinski definition) is 3. The third-order valence-electron chi connectivity index (χ3n) is 3.11. The zero-order valence-corrected chi connectivity index (χ0v) is 8.23. The van der Waals surface area contributed by atoms with Gasteiger partial charge in [0.2, 0.25) is 5.91 Å². The number of nitrogens with one attached hydrogen (secondary N) is 1.